The van der Waals surface area contributed by atoms with Crippen LogP contribution >= 0.6 is 0 Å². The molecular formula is C18H35N2O3+. The second kappa shape index (κ2) is 8.13. The molecule has 0 spiro atoms. The Morgan fingerprint density at radius 1 is 1.35 bits per heavy atom. The largest absolute Gasteiger partial charge is 0.465 e. The summed E-state index contributed by atoms with van der Waals surface area (Å²) >= 11 is 0. The van der Waals surface area contributed by atoms with Crippen LogP contribution in [-0.4, -0.2) is 68.1 Å². The van der Waals surface area contributed by atoms with Crippen LogP contribution in [0.25, 0.3) is 0 Å². The molecule has 1 aliphatic heterocycles. The van der Waals surface area contributed by atoms with Crippen molar-refractivity contribution >= 4 is 11.9 Å². The molecule has 1 unspecified atom stereocenters. The van der Waals surface area contributed by atoms with Gasteiger partial charge in [0, 0.05) is 25.4 Å². The van der Waals surface area contributed by atoms with Crippen LogP contribution in [0.15, 0.2) is 0 Å². The van der Waals surface area contributed by atoms with E-state index in [4.69, 9.17) is 4.74 Å². The minimum Gasteiger partial charge on any atom is -0.465 e. The maximum atomic E-state index is 12.4. The van der Waals surface area contributed by atoms with Crippen molar-refractivity contribution in [2.24, 2.45) is 5.41 Å². The Hall–Kier alpha value is -1.10. The lowest BCUT2D eigenvalue weighted by molar-refractivity contribution is -0.870. The van der Waals surface area contributed by atoms with Crippen molar-refractivity contribution in [3.63, 3.8) is 0 Å². The average Bonchev–Trinajstić information content (AvgIpc) is 2.85. The number of rotatable bonds is 9. The highest BCUT2D eigenvalue weighted by atomic mass is 16.5. The standard InChI is InChI=1S/C18H35N2O3/c1-7-15(19-11-8-10-16(19)21)14-18(2,3)17(22)23-13-9-12-20(4,5)6/h15H,7-14H2,1-6H3/q+1. The molecule has 1 aliphatic rings. The first-order valence-corrected chi connectivity index (χ1v) is 8.84. The number of ether oxygens (including phenoxy) is 1. The Kier molecular flexibility index (Phi) is 7.05. The van der Waals surface area contributed by atoms with Crippen molar-refractivity contribution in [1.29, 1.82) is 0 Å². The van der Waals surface area contributed by atoms with E-state index in [1.165, 1.54) is 0 Å². The third-order valence-corrected chi connectivity index (χ3v) is 4.53. The van der Waals surface area contributed by atoms with Gasteiger partial charge in [-0.3, -0.25) is 9.59 Å². The highest BCUT2D eigenvalue weighted by molar-refractivity contribution is 5.79. The minimum atomic E-state index is -0.555. The molecule has 1 heterocycles. The van der Waals surface area contributed by atoms with Gasteiger partial charge < -0.3 is 14.1 Å². The van der Waals surface area contributed by atoms with Crippen LogP contribution < -0.4 is 0 Å². The van der Waals surface area contributed by atoms with Crippen LogP contribution in [0.2, 0.25) is 0 Å². The van der Waals surface area contributed by atoms with Crippen LogP contribution in [0.4, 0.5) is 0 Å². The molecule has 1 amide bonds. The maximum Gasteiger partial charge on any atom is 0.311 e. The number of carbonyl (C=O) groups excluding carboxylic acids is 2. The molecule has 1 atom stereocenters. The molecule has 0 saturated carbocycles. The fourth-order valence-electron chi connectivity index (χ4n) is 3.10. The summed E-state index contributed by atoms with van der Waals surface area (Å²) in [7, 11) is 6.39. The van der Waals surface area contributed by atoms with Crippen molar-refractivity contribution in [1.82, 2.24) is 4.90 Å². The van der Waals surface area contributed by atoms with Gasteiger partial charge in [0.1, 0.15) is 0 Å². The van der Waals surface area contributed by atoms with Crippen LogP contribution in [0.5, 0.6) is 0 Å². The van der Waals surface area contributed by atoms with Crippen LogP contribution in [0, 0.1) is 5.41 Å². The first-order chi connectivity index (χ1) is 10.6. The summed E-state index contributed by atoms with van der Waals surface area (Å²) in [5, 5.41) is 0. The Morgan fingerprint density at radius 2 is 2.00 bits per heavy atom. The van der Waals surface area contributed by atoms with Gasteiger partial charge in [-0.15, -0.1) is 0 Å². The molecule has 0 aromatic carbocycles. The summed E-state index contributed by atoms with van der Waals surface area (Å²) in [6, 6.07) is 0.138. The van der Waals surface area contributed by atoms with Crippen molar-refractivity contribution < 1.29 is 18.8 Å². The van der Waals surface area contributed by atoms with Gasteiger partial charge in [-0.1, -0.05) is 6.92 Å². The predicted molar refractivity (Wildman–Crippen MR) is 91.9 cm³/mol. The molecule has 5 nitrogen and oxygen atoms in total. The van der Waals surface area contributed by atoms with E-state index in [9.17, 15) is 9.59 Å². The SMILES string of the molecule is CCC(CC(C)(C)C(=O)OCCC[N+](C)(C)C)N1CCCC1=O. The van der Waals surface area contributed by atoms with Gasteiger partial charge in [0.15, 0.2) is 0 Å². The highest BCUT2D eigenvalue weighted by Gasteiger charge is 2.36. The molecule has 0 bridgehead atoms. The molecule has 1 saturated heterocycles. The van der Waals surface area contributed by atoms with E-state index in [1.54, 1.807) is 0 Å². The van der Waals surface area contributed by atoms with E-state index >= 15 is 0 Å². The number of hydrogen-bond acceptors (Lipinski definition) is 3. The number of amides is 1. The summed E-state index contributed by atoms with van der Waals surface area (Å²) in [6.07, 6.45) is 4.00. The third kappa shape index (κ3) is 6.50. The van der Waals surface area contributed by atoms with Crippen molar-refractivity contribution in [3.8, 4) is 0 Å². The van der Waals surface area contributed by atoms with Gasteiger partial charge in [0.05, 0.1) is 39.7 Å². The second-order valence-electron chi connectivity index (χ2n) is 8.34. The van der Waals surface area contributed by atoms with Gasteiger partial charge in [0.25, 0.3) is 0 Å². The first-order valence-electron chi connectivity index (χ1n) is 8.84. The zero-order valence-corrected chi connectivity index (χ0v) is 15.9. The van der Waals surface area contributed by atoms with E-state index < -0.39 is 5.41 Å². The number of carbonyl (C=O) groups is 2. The van der Waals surface area contributed by atoms with Crippen LogP contribution in [0.3, 0.4) is 0 Å². The molecule has 1 fully saturated rings. The molecule has 0 radical (unpaired) electrons. The number of esters is 1. The summed E-state index contributed by atoms with van der Waals surface area (Å²) in [5.41, 5.74) is -0.555. The van der Waals surface area contributed by atoms with E-state index in [-0.39, 0.29) is 17.9 Å². The Balaban J connectivity index is 2.49. The minimum absolute atomic E-state index is 0.138. The average molecular weight is 327 g/mol. The van der Waals surface area contributed by atoms with E-state index in [0.717, 1.165) is 36.8 Å². The Labute approximate surface area is 141 Å². The van der Waals surface area contributed by atoms with Gasteiger partial charge in [0.2, 0.25) is 5.91 Å². The molecule has 0 aromatic rings. The van der Waals surface area contributed by atoms with E-state index in [2.05, 4.69) is 28.1 Å². The smallest absolute Gasteiger partial charge is 0.311 e. The normalized spacial score (nSPS) is 17.5. The van der Waals surface area contributed by atoms with E-state index in [1.807, 2.05) is 18.7 Å². The number of hydrogen-bond donors (Lipinski definition) is 0. The topological polar surface area (TPSA) is 46.6 Å². The summed E-state index contributed by atoms with van der Waals surface area (Å²) < 4.78 is 6.36. The molecule has 134 valence electrons. The van der Waals surface area contributed by atoms with E-state index in [0.29, 0.717) is 19.4 Å². The zero-order chi connectivity index (χ0) is 17.7. The van der Waals surface area contributed by atoms with Crippen LogP contribution in [-0.2, 0) is 14.3 Å². The number of nitrogens with zero attached hydrogens (tertiary/aromatic N) is 2. The molecule has 5 heteroatoms. The maximum absolute atomic E-state index is 12.4. The zero-order valence-electron chi connectivity index (χ0n) is 15.9. The van der Waals surface area contributed by atoms with Gasteiger partial charge in [-0.25, -0.2) is 0 Å². The first kappa shape index (κ1) is 19.9. The number of likely N-dealkylation sites (tertiary alicyclic amines) is 1. The lowest BCUT2D eigenvalue weighted by Crippen LogP contribution is -2.41. The second-order valence-corrected chi connectivity index (χ2v) is 8.34. The predicted octanol–water partition coefficient (Wildman–Crippen LogP) is 2.44. The summed E-state index contributed by atoms with van der Waals surface area (Å²) in [6.45, 7) is 8.21. The Morgan fingerprint density at radius 3 is 2.48 bits per heavy atom. The molecule has 0 aliphatic carbocycles. The molecule has 1 rings (SSSR count). The summed E-state index contributed by atoms with van der Waals surface area (Å²) in [4.78, 5) is 26.3. The van der Waals surface area contributed by atoms with Gasteiger partial charge in [-0.05, 0) is 33.1 Å². The highest BCUT2D eigenvalue weighted by Crippen LogP contribution is 2.30. The Bertz CT molecular complexity index is 413. The molecule has 0 aromatic heterocycles. The number of quaternary nitrogens is 1. The van der Waals surface area contributed by atoms with Crippen molar-refractivity contribution in [2.45, 2.75) is 58.9 Å². The summed E-state index contributed by atoms with van der Waals surface area (Å²) in [5.74, 6) is 0.0768. The van der Waals surface area contributed by atoms with Gasteiger partial charge >= 0.3 is 5.97 Å². The lowest BCUT2D eigenvalue weighted by atomic mass is 9.84. The fraction of sp³-hybridized carbons (Fsp3) is 0.889. The molecule has 0 N–H and O–H groups in total. The monoisotopic (exact) mass is 327 g/mol. The van der Waals surface area contributed by atoms with Crippen molar-refractivity contribution in [3.05, 3.63) is 0 Å². The quantitative estimate of drug-likeness (QED) is 0.371. The van der Waals surface area contributed by atoms with Gasteiger partial charge in [-0.2, -0.15) is 0 Å². The fourth-order valence-corrected chi connectivity index (χ4v) is 3.10. The van der Waals surface area contributed by atoms with Crippen LogP contribution in [0.1, 0.15) is 52.9 Å². The molecule has 23 heavy (non-hydrogen) atoms. The molecular weight excluding hydrogens is 292 g/mol. The third-order valence-electron chi connectivity index (χ3n) is 4.53. The van der Waals surface area contributed by atoms with Crippen molar-refractivity contribution in [2.75, 3.05) is 40.8 Å². The lowest BCUT2D eigenvalue weighted by Gasteiger charge is -2.33.